The molecule has 0 aromatic carbocycles. The van der Waals surface area contributed by atoms with Crippen LogP contribution >= 0.6 is 11.3 Å². The number of halogens is 3. The van der Waals surface area contributed by atoms with Crippen molar-refractivity contribution in [3.63, 3.8) is 0 Å². The molecule has 0 aliphatic heterocycles. The summed E-state index contributed by atoms with van der Waals surface area (Å²) in [6.07, 6.45) is -1.60. The fourth-order valence-electron chi connectivity index (χ4n) is 1.81. The van der Waals surface area contributed by atoms with E-state index in [4.69, 9.17) is 4.42 Å². The second-order valence-corrected chi connectivity index (χ2v) is 5.05. The van der Waals surface area contributed by atoms with Gasteiger partial charge in [-0.1, -0.05) is 6.92 Å². The summed E-state index contributed by atoms with van der Waals surface area (Å²) in [5.41, 5.74) is 0.833. The van der Waals surface area contributed by atoms with Gasteiger partial charge >= 0.3 is 6.18 Å². The first-order valence-electron chi connectivity index (χ1n) is 5.73. The fourth-order valence-corrected chi connectivity index (χ4v) is 2.69. The maximum absolute atomic E-state index is 12.6. The molecule has 1 unspecified atom stereocenters. The van der Waals surface area contributed by atoms with Crippen molar-refractivity contribution < 1.29 is 17.6 Å². The molecule has 0 radical (unpaired) electrons. The minimum absolute atomic E-state index is 0.322. The Morgan fingerprint density at radius 1 is 1.47 bits per heavy atom. The zero-order valence-electron chi connectivity index (χ0n) is 10.4. The number of aromatic nitrogens is 1. The van der Waals surface area contributed by atoms with Crippen LogP contribution in [-0.2, 0) is 6.18 Å². The second kappa shape index (κ2) is 5.34. The van der Waals surface area contributed by atoms with Gasteiger partial charge in [0.2, 0.25) is 0 Å². The Bertz CT molecular complexity index is 547. The third-order valence-electron chi connectivity index (χ3n) is 2.67. The summed E-state index contributed by atoms with van der Waals surface area (Å²) in [6.45, 7) is 4.31. The standard InChI is InChI=1S/C12H13F3N2OS/c1-3-16-10(8-4-5-18-7(8)2)9-6-17-11(19-9)12(13,14)15/h4-6,10,16H,3H2,1-2H3. The SMILES string of the molecule is CCNC(c1cnc(C(F)(F)F)s1)c1ccoc1C. The van der Waals surface area contributed by atoms with Crippen LogP contribution in [-0.4, -0.2) is 11.5 Å². The van der Waals surface area contributed by atoms with Gasteiger partial charge < -0.3 is 9.73 Å². The molecule has 0 aliphatic rings. The van der Waals surface area contributed by atoms with Crippen LogP contribution in [0.3, 0.4) is 0 Å². The molecule has 1 atom stereocenters. The number of thiazole rings is 1. The van der Waals surface area contributed by atoms with Crippen LogP contribution in [0.2, 0.25) is 0 Å². The van der Waals surface area contributed by atoms with Gasteiger partial charge in [0.15, 0.2) is 5.01 Å². The Morgan fingerprint density at radius 3 is 2.68 bits per heavy atom. The van der Waals surface area contributed by atoms with E-state index in [2.05, 4.69) is 10.3 Å². The smallest absolute Gasteiger partial charge is 0.443 e. The lowest BCUT2D eigenvalue weighted by Crippen LogP contribution is -2.21. The zero-order chi connectivity index (χ0) is 14.0. The molecule has 19 heavy (non-hydrogen) atoms. The highest BCUT2D eigenvalue weighted by Gasteiger charge is 2.35. The number of alkyl halides is 3. The van der Waals surface area contributed by atoms with Gasteiger partial charge in [0, 0.05) is 16.6 Å². The quantitative estimate of drug-likeness (QED) is 0.931. The van der Waals surface area contributed by atoms with Crippen molar-refractivity contribution in [1.29, 1.82) is 0 Å². The number of nitrogens with one attached hydrogen (secondary N) is 1. The van der Waals surface area contributed by atoms with E-state index >= 15 is 0 Å². The minimum Gasteiger partial charge on any atom is -0.469 e. The van der Waals surface area contributed by atoms with Crippen molar-refractivity contribution in [3.8, 4) is 0 Å². The molecule has 0 amide bonds. The van der Waals surface area contributed by atoms with Gasteiger partial charge in [0.1, 0.15) is 5.76 Å². The van der Waals surface area contributed by atoms with Crippen molar-refractivity contribution in [1.82, 2.24) is 10.3 Å². The molecule has 2 rings (SSSR count). The first-order valence-corrected chi connectivity index (χ1v) is 6.55. The van der Waals surface area contributed by atoms with Gasteiger partial charge in [-0.3, -0.25) is 0 Å². The van der Waals surface area contributed by atoms with E-state index in [1.54, 1.807) is 13.0 Å². The van der Waals surface area contributed by atoms with Crippen LogP contribution in [0.5, 0.6) is 0 Å². The van der Waals surface area contributed by atoms with Crippen LogP contribution < -0.4 is 5.32 Å². The van der Waals surface area contributed by atoms with Crippen LogP contribution in [0.15, 0.2) is 22.9 Å². The fraction of sp³-hybridized carbons (Fsp3) is 0.417. The van der Waals surface area contributed by atoms with Crippen molar-refractivity contribution in [2.24, 2.45) is 0 Å². The number of rotatable bonds is 4. The highest BCUT2D eigenvalue weighted by Crippen LogP contribution is 2.36. The highest BCUT2D eigenvalue weighted by atomic mass is 32.1. The molecule has 0 saturated carbocycles. The normalized spacial score (nSPS) is 13.7. The van der Waals surface area contributed by atoms with Crippen molar-refractivity contribution in [3.05, 3.63) is 39.7 Å². The minimum atomic E-state index is -4.40. The molecule has 0 bridgehead atoms. The van der Waals surface area contributed by atoms with E-state index in [1.165, 1.54) is 12.5 Å². The maximum Gasteiger partial charge on any atom is 0.443 e. The van der Waals surface area contributed by atoms with E-state index in [1.807, 2.05) is 6.92 Å². The van der Waals surface area contributed by atoms with Crippen LogP contribution in [0.4, 0.5) is 13.2 Å². The molecule has 0 saturated heterocycles. The lowest BCUT2D eigenvalue weighted by molar-refractivity contribution is -0.137. The summed E-state index contributed by atoms with van der Waals surface area (Å²) in [5, 5.41) is 2.32. The third kappa shape index (κ3) is 2.98. The number of hydrogen-bond acceptors (Lipinski definition) is 4. The summed E-state index contributed by atoms with van der Waals surface area (Å²) in [7, 11) is 0. The Balaban J connectivity index is 2.35. The van der Waals surface area contributed by atoms with E-state index in [-0.39, 0.29) is 6.04 Å². The molecule has 2 aromatic rings. The van der Waals surface area contributed by atoms with Gasteiger partial charge in [-0.05, 0) is 19.5 Å². The average molecular weight is 290 g/mol. The molecular weight excluding hydrogens is 277 g/mol. The lowest BCUT2D eigenvalue weighted by atomic mass is 10.1. The zero-order valence-corrected chi connectivity index (χ0v) is 11.2. The highest BCUT2D eigenvalue weighted by molar-refractivity contribution is 7.11. The van der Waals surface area contributed by atoms with Gasteiger partial charge in [-0.15, -0.1) is 11.3 Å². The maximum atomic E-state index is 12.6. The van der Waals surface area contributed by atoms with Crippen molar-refractivity contribution in [2.45, 2.75) is 26.1 Å². The summed E-state index contributed by atoms with van der Waals surface area (Å²) < 4.78 is 43.0. The Morgan fingerprint density at radius 2 is 2.21 bits per heavy atom. The van der Waals surface area contributed by atoms with E-state index in [0.717, 1.165) is 5.56 Å². The van der Waals surface area contributed by atoms with E-state index < -0.39 is 11.2 Å². The first kappa shape index (κ1) is 14.1. The number of hydrogen-bond donors (Lipinski definition) is 1. The molecule has 0 spiro atoms. The van der Waals surface area contributed by atoms with Gasteiger partial charge in [-0.25, -0.2) is 4.98 Å². The molecular formula is C12H13F3N2OS. The van der Waals surface area contributed by atoms with Crippen LogP contribution in [0.25, 0.3) is 0 Å². The number of furan rings is 1. The lowest BCUT2D eigenvalue weighted by Gasteiger charge is -2.15. The molecule has 2 aromatic heterocycles. The van der Waals surface area contributed by atoms with Gasteiger partial charge in [-0.2, -0.15) is 13.2 Å². The average Bonchev–Trinajstić information content (AvgIpc) is 2.94. The Hall–Kier alpha value is -1.34. The third-order valence-corrected chi connectivity index (χ3v) is 3.78. The predicted octanol–water partition coefficient (Wildman–Crippen LogP) is 3.76. The molecule has 1 N–H and O–H groups in total. The Kier molecular flexibility index (Phi) is 3.96. The number of aryl methyl sites for hydroxylation is 1. The molecule has 0 fully saturated rings. The van der Waals surface area contributed by atoms with E-state index in [9.17, 15) is 13.2 Å². The molecule has 104 valence electrons. The summed E-state index contributed by atoms with van der Waals surface area (Å²) >= 11 is 0.655. The topological polar surface area (TPSA) is 38.1 Å². The van der Waals surface area contributed by atoms with Gasteiger partial charge in [0.25, 0.3) is 0 Å². The molecule has 0 aliphatic carbocycles. The monoisotopic (exact) mass is 290 g/mol. The second-order valence-electron chi connectivity index (χ2n) is 3.99. The molecule has 7 heteroatoms. The largest absolute Gasteiger partial charge is 0.469 e. The van der Waals surface area contributed by atoms with Crippen LogP contribution in [0.1, 0.15) is 34.2 Å². The predicted molar refractivity (Wildman–Crippen MR) is 66.1 cm³/mol. The summed E-state index contributed by atoms with van der Waals surface area (Å²) in [4.78, 5) is 3.98. The first-order chi connectivity index (χ1) is 8.93. The summed E-state index contributed by atoms with van der Waals surface area (Å²) in [5.74, 6) is 0.688. The molecule has 3 nitrogen and oxygen atoms in total. The van der Waals surface area contributed by atoms with Crippen molar-refractivity contribution in [2.75, 3.05) is 6.54 Å². The van der Waals surface area contributed by atoms with Crippen LogP contribution in [0, 0.1) is 6.92 Å². The number of nitrogens with zero attached hydrogens (tertiary/aromatic N) is 1. The van der Waals surface area contributed by atoms with Crippen molar-refractivity contribution >= 4 is 11.3 Å². The Labute approximate surface area is 112 Å². The summed E-state index contributed by atoms with van der Waals surface area (Å²) in [6, 6.07) is 1.44. The van der Waals surface area contributed by atoms with E-state index in [0.29, 0.717) is 28.5 Å². The molecule has 2 heterocycles. The van der Waals surface area contributed by atoms with Gasteiger partial charge in [0.05, 0.1) is 12.3 Å².